The molecule has 1 aromatic rings. The van der Waals surface area contributed by atoms with Gasteiger partial charge in [0, 0.05) is 6.20 Å². The number of carbonyl (C=O) groups excluding carboxylic acids is 1. The van der Waals surface area contributed by atoms with Gasteiger partial charge >= 0.3 is 5.97 Å². The summed E-state index contributed by atoms with van der Waals surface area (Å²) >= 11 is 1.71. The predicted molar refractivity (Wildman–Crippen MR) is 94.2 cm³/mol. The molecule has 0 amide bonds. The Morgan fingerprint density at radius 2 is 1.90 bits per heavy atom. The molecule has 1 rings (SSSR count). The summed E-state index contributed by atoms with van der Waals surface area (Å²) in [6.07, 6.45) is 1.58. The zero-order valence-corrected chi connectivity index (χ0v) is 16.7. The Bertz CT molecular complexity index is 513. The summed E-state index contributed by atoms with van der Waals surface area (Å²) in [4.78, 5) is 24.3. The summed E-state index contributed by atoms with van der Waals surface area (Å²) in [7, 11) is -3.01. The molecular formula is C13H25N3O2SSi2. The lowest BCUT2D eigenvalue weighted by molar-refractivity contribution is 0.0526. The molecule has 0 bridgehead atoms. The molecule has 0 fully saturated rings. The Labute approximate surface area is 133 Å². The fourth-order valence-electron chi connectivity index (χ4n) is 1.50. The summed E-state index contributed by atoms with van der Waals surface area (Å²) in [5, 5.41) is 0.725. The molecule has 0 radical (unpaired) electrons. The van der Waals surface area contributed by atoms with Crippen LogP contribution < -0.4 is 4.98 Å². The molecule has 21 heavy (non-hydrogen) atoms. The Hall–Kier alpha value is -0.866. The number of aromatic nitrogens is 2. The molecule has 0 aliphatic heterocycles. The second-order valence-corrected chi connectivity index (χ2v) is 20.6. The Morgan fingerprint density at radius 3 is 2.38 bits per heavy atom. The van der Waals surface area contributed by atoms with Gasteiger partial charge in [-0.15, -0.1) is 11.2 Å². The highest BCUT2D eigenvalue weighted by molar-refractivity contribution is 8.28. The van der Waals surface area contributed by atoms with Gasteiger partial charge in [-0.25, -0.2) is 14.8 Å². The molecule has 5 nitrogen and oxygen atoms in total. The minimum absolute atomic E-state index is 0.344. The van der Waals surface area contributed by atoms with Gasteiger partial charge in [-0.1, -0.05) is 39.3 Å². The number of carbonyl (C=O) groups is 1. The van der Waals surface area contributed by atoms with Crippen LogP contribution in [0.25, 0.3) is 0 Å². The Morgan fingerprint density at radius 1 is 1.29 bits per heavy atom. The van der Waals surface area contributed by atoms with Crippen molar-refractivity contribution in [3.8, 4) is 0 Å². The van der Waals surface area contributed by atoms with Crippen LogP contribution in [0.15, 0.2) is 11.4 Å². The van der Waals surface area contributed by atoms with Crippen LogP contribution in [0.4, 0.5) is 5.82 Å². The van der Waals surface area contributed by atoms with Crippen molar-refractivity contribution in [3.05, 3.63) is 11.8 Å². The van der Waals surface area contributed by atoms with E-state index in [9.17, 15) is 4.79 Å². The predicted octanol–water partition coefficient (Wildman–Crippen LogP) is 3.83. The zero-order chi connectivity index (χ0) is 16.3. The summed E-state index contributed by atoms with van der Waals surface area (Å²) in [5.74, 6) is 0.228. The van der Waals surface area contributed by atoms with Gasteiger partial charge in [0.1, 0.15) is 26.8 Å². The first-order valence-electron chi connectivity index (χ1n) is 7.03. The SMILES string of the molecule is CCOC(=O)c1cnc(S[Si](C)(C)C)nc1N[Si](C)(C)C. The zero-order valence-electron chi connectivity index (χ0n) is 13.9. The lowest BCUT2D eigenvalue weighted by atomic mass is 10.3. The number of nitrogens with zero attached hydrogens (tertiary/aromatic N) is 2. The highest BCUT2D eigenvalue weighted by Crippen LogP contribution is 2.28. The summed E-state index contributed by atoms with van der Waals surface area (Å²) < 4.78 is 5.08. The van der Waals surface area contributed by atoms with E-state index in [0.29, 0.717) is 18.0 Å². The number of nitrogens with one attached hydrogen (secondary N) is 1. The molecule has 118 valence electrons. The van der Waals surface area contributed by atoms with Crippen molar-refractivity contribution in [1.82, 2.24) is 9.97 Å². The number of hydrogen-bond donors (Lipinski definition) is 1. The van der Waals surface area contributed by atoms with E-state index in [1.807, 2.05) is 0 Å². The van der Waals surface area contributed by atoms with E-state index >= 15 is 0 Å². The van der Waals surface area contributed by atoms with Crippen molar-refractivity contribution in [2.75, 3.05) is 11.6 Å². The average Bonchev–Trinajstić information content (AvgIpc) is 2.24. The van der Waals surface area contributed by atoms with Crippen LogP contribution in [0, 0.1) is 0 Å². The lowest BCUT2D eigenvalue weighted by Crippen LogP contribution is -2.34. The molecule has 0 saturated carbocycles. The standard InChI is InChI=1S/C13H25N3O2SSi2/c1-8-18-12(17)10-9-14-13(19-21(5,6)7)15-11(10)16-20(2,3)4/h9H,8H2,1-7H3,(H,14,15,16). The van der Waals surface area contributed by atoms with Crippen LogP contribution in [0.2, 0.25) is 39.3 Å². The average molecular weight is 344 g/mol. The van der Waals surface area contributed by atoms with Gasteiger partial charge < -0.3 is 9.72 Å². The van der Waals surface area contributed by atoms with Gasteiger partial charge in [0.2, 0.25) is 0 Å². The van der Waals surface area contributed by atoms with E-state index in [0.717, 1.165) is 5.16 Å². The van der Waals surface area contributed by atoms with Gasteiger partial charge in [-0.2, -0.15) is 0 Å². The number of esters is 1. The Balaban J connectivity index is 3.16. The minimum atomic E-state index is -1.63. The molecule has 1 aromatic heterocycles. The maximum absolute atomic E-state index is 12.0. The van der Waals surface area contributed by atoms with Crippen LogP contribution in [-0.4, -0.2) is 38.0 Å². The molecule has 1 N–H and O–H groups in total. The third kappa shape index (κ3) is 6.62. The van der Waals surface area contributed by atoms with Gasteiger partial charge in [-0.3, -0.25) is 0 Å². The number of ether oxygens (including phenoxy) is 1. The third-order valence-electron chi connectivity index (χ3n) is 2.15. The Kier molecular flexibility index (Phi) is 6.00. The first kappa shape index (κ1) is 18.2. The van der Waals surface area contributed by atoms with Gasteiger partial charge in [0.25, 0.3) is 0 Å². The van der Waals surface area contributed by atoms with E-state index in [-0.39, 0.29) is 5.97 Å². The van der Waals surface area contributed by atoms with E-state index in [1.54, 1.807) is 24.3 Å². The normalized spacial score (nSPS) is 12.1. The van der Waals surface area contributed by atoms with Crippen molar-refractivity contribution >= 4 is 38.5 Å². The monoisotopic (exact) mass is 343 g/mol. The van der Waals surface area contributed by atoms with Crippen molar-refractivity contribution in [2.24, 2.45) is 0 Å². The summed E-state index contributed by atoms with van der Waals surface area (Å²) in [5.41, 5.74) is 0.416. The molecule has 0 aliphatic rings. The molecule has 0 aliphatic carbocycles. The van der Waals surface area contributed by atoms with E-state index in [1.165, 1.54) is 0 Å². The van der Waals surface area contributed by atoms with Crippen LogP contribution >= 0.6 is 11.2 Å². The number of anilines is 1. The van der Waals surface area contributed by atoms with Crippen LogP contribution in [0.3, 0.4) is 0 Å². The topological polar surface area (TPSA) is 64.1 Å². The van der Waals surface area contributed by atoms with E-state index < -0.39 is 15.5 Å². The van der Waals surface area contributed by atoms with Gasteiger partial charge in [0.05, 0.1) is 6.61 Å². The van der Waals surface area contributed by atoms with Crippen molar-refractivity contribution in [3.63, 3.8) is 0 Å². The van der Waals surface area contributed by atoms with Crippen molar-refractivity contribution in [1.29, 1.82) is 0 Å². The highest BCUT2D eigenvalue weighted by atomic mass is 32.4. The molecule has 8 heteroatoms. The smallest absolute Gasteiger partial charge is 0.343 e. The molecule has 1 heterocycles. The van der Waals surface area contributed by atoms with Crippen LogP contribution in [-0.2, 0) is 4.74 Å². The molecule has 0 aromatic carbocycles. The maximum Gasteiger partial charge on any atom is 0.343 e. The minimum Gasteiger partial charge on any atom is -0.462 e. The van der Waals surface area contributed by atoms with Crippen LogP contribution in [0.1, 0.15) is 17.3 Å². The first-order chi connectivity index (χ1) is 9.52. The molecule has 0 unspecified atom stereocenters. The quantitative estimate of drug-likeness (QED) is 0.481. The van der Waals surface area contributed by atoms with Crippen LogP contribution in [0.5, 0.6) is 0 Å². The van der Waals surface area contributed by atoms with E-state index in [4.69, 9.17) is 4.74 Å². The van der Waals surface area contributed by atoms with E-state index in [2.05, 4.69) is 54.2 Å². The summed E-state index contributed by atoms with van der Waals surface area (Å²) in [6.45, 7) is 15.3. The second kappa shape index (κ2) is 6.93. The fourth-order valence-corrected chi connectivity index (χ4v) is 5.13. The maximum atomic E-state index is 12.0. The molecule has 0 spiro atoms. The molecule has 0 saturated heterocycles. The number of rotatable bonds is 6. The van der Waals surface area contributed by atoms with Crippen molar-refractivity contribution < 1.29 is 9.53 Å². The fraction of sp³-hybridized carbons (Fsp3) is 0.615. The largest absolute Gasteiger partial charge is 0.462 e. The second-order valence-electron chi connectivity index (χ2n) is 6.72. The van der Waals surface area contributed by atoms with Gasteiger partial charge in [-0.05, 0) is 6.92 Å². The number of hydrogen-bond acceptors (Lipinski definition) is 6. The highest BCUT2D eigenvalue weighted by Gasteiger charge is 2.23. The summed E-state index contributed by atoms with van der Waals surface area (Å²) in [6, 6.07) is 0. The molecule has 0 atom stereocenters. The van der Waals surface area contributed by atoms with Gasteiger partial charge in [0.15, 0.2) is 5.16 Å². The first-order valence-corrected chi connectivity index (χ1v) is 15.6. The lowest BCUT2D eigenvalue weighted by Gasteiger charge is -2.21. The van der Waals surface area contributed by atoms with Crippen molar-refractivity contribution in [2.45, 2.75) is 51.4 Å². The third-order valence-corrected chi connectivity index (χ3v) is 6.52. The molecular weight excluding hydrogens is 318 g/mol.